The van der Waals surface area contributed by atoms with Gasteiger partial charge in [0.05, 0.1) is 0 Å². The maximum Gasteiger partial charge on any atom is 0.240 e. The minimum atomic E-state index is -0.317. The molecule has 1 aromatic rings. The fraction of sp³-hybridized carbons (Fsp3) is 0.444. The second-order valence-corrected chi connectivity index (χ2v) is 3.48. The van der Waals surface area contributed by atoms with E-state index in [0.29, 0.717) is 6.54 Å². The Morgan fingerprint density at radius 2 is 2.47 bits per heavy atom. The van der Waals surface area contributed by atoms with Crippen molar-refractivity contribution >= 4 is 11.7 Å². The van der Waals surface area contributed by atoms with Crippen molar-refractivity contribution in [2.24, 2.45) is 11.5 Å². The van der Waals surface area contributed by atoms with Gasteiger partial charge in [0.15, 0.2) is 0 Å². The molecular formula is C9H13N5O. The summed E-state index contributed by atoms with van der Waals surface area (Å²) in [5.74, 6) is 0.408. The fourth-order valence-corrected chi connectivity index (χ4v) is 1.69. The average molecular weight is 207 g/mol. The Morgan fingerprint density at radius 1 is 1.67 bits per heavy atom. The van der Waals surface area contributed by atoms with E-state index < -0.39 is 0 Å². The Balaban J connectivity index is 2.26. The first-order valence-electron chi connectivity index (χ1n) is 4.79. The fourth-order valence-electron chi connectivity index (χ4n) is 1.69. The molecule has 6 nitrogen and oxygen atoms in total. The first-order chi connectivity index (χ1) is 7.24. The number of nitrogens with two attached hydrogens (primary N) is 2. The quantitative estimate of drug-likeness (QED) is 0.662. The van der Waals surface area contributed by atoms with Crippen molar-refractivity contribution in [2.75, 3.05) is 11.4 Å². The third-order valence-corrected chi connectivity index (χ3v) is 2.60. The third-order valence-electron chi connectivity index (χ3n) is 2.60. The molecule has 80 valence electrons. The van der Waals surface area contributed by atoms with E-state index >= 15 is 0 Å². The van der Waals surface area contributed by atoms with Crippen LogP contribution in [-0.4, -0.2) is 28.5 Å². The molecule has 4 N–H and O–H groups in total. The first kappa shape index (κ1) is 9.85. The van der Waals surface area contributed by atoms with Gasteiger partial charge >= 0.3 is 0 Å². The summed E-state index contributed by atoms with van der Waals surface area (Å²) in [6.07, 6.45) is 3.90. The van der Waals surface area contributed by atoms with Gasteiger partial charge in [0.25, 0.3) is 0 Å². The normalized spacial score (nSPS) is 19.8. The highest BCUT2D eigenvalue weighted by molar-refractivity contribution is 5.85. The number of amides is 1. The zero-order valence-corrected chi connectivity index (χ0v) is 8.26. The van der Waals surface area contributed by atoms with Crippen LogP contribution >= 0.6 is 0 Å². The zero-order valence-electron chi connectivity index (χ0n) is 8.26. The summed E-state index contributed by atoms with van der Waals surface area (Å²) in [7, 11) is 0. The molecule has 1 aliphatic heterocycles. The van der Waals surface area contributed by atoms with Crippen LogP contribution in [0, 0.1) is 0 Å². The molecule has 15 heavy (non-hydrogen) atoms. The van der Waals surface area contributed by atoms with Gasteiger partial charge in [-0.1, -0.05) is 0 Å². The van der Waals surface area contributed by atoms with E-state index in [1.165, 1.54) is 6.33 Å². The van der Waals surface area contributed by atoms with Crippen molar-refractivity contribution < 1.29 is 4.79 Å². The lowest BCUT2D eigenvalue weighted by Gasteiger charge is -2.40. The van der Waals surface area contributed by atoms with Crippen LogP contribution in [0.2, 0.25) is 0 Å². The molecule has 6 heteroatoms. The number of rotatable bonds is 3. The van der Waals surface area contributed by atoms with Crippen LogP contribution in [0.5, 0.6) is 0 Å². The number of carbonyl (C=O) groups excluding carboxylic acids is 1. The van der Waals surface area contributed by atoms with Gasteiger partial charge in [-0.2, -0.15) is 0 Å². The lowest BCUT2D eigenvalue weighted by atomic mass is 10.0. The van der Waals surface area contributed by atoms with Crippen LogP contribution in [-0.2, 0) is 11.3 Å². The lowest BCUT2D eigenvalue weighted by Crippen LogP contribution is -2.55. The SMILES string of the molecule is NCc1cncnc1N1CCC1C(N)=O. The molecule has 1 unspecified atom stereocenters. The summed E-state index contributed by atoms with van der Waals surface area (Å²) in [6.45, 7) is 1.15. The van der Waals surface area contributed by atoms with Gasteiger partial charge in [-0.25, -0.2) is 9.97 Å². The molecule has 0 bridgehead atoms. The highest BCUT2D eigenvalue weighted by atomic mass is 16.1. The van der Waals surface area contributed by atoms with Crippen LogP contribution in [0.25, 0.3) is 0 Å². The van der Waals surface area contributed by atoms with E-state index in [1.807, 2.05) is 4.90 Å². The molecule has 0 aliphatic carbocycles. The van der Waals surface area contributed by atoms with Crippen molar-refractivity contribution in [1.82, 2.24) is 9.97 Å². The average Bonchev–Trinajstić information content (AvgIpc) is 2.16. The minimum absolute atomic E-state index is 0.245. The van der Waals surface area contributed by atoms with E-state index in [4.69, 9.17) is 11.5 Å². The number of primary amides is 1. The van der Waals surface area contributed by atoms with Crippen molar-refractivity contribution in [3.8, 4) is 0 Å². The Bertz CT molecular complexity index is 381. The minimum Gasteiger partial charge on any atom is -0.368 e. The topological polar surface area (TPSA) is 98.1 Å². The number of carbonyl (C=O) groups is 1. The van der Waals surface area contributed by atoms with Crippen molar-refractivity contribution in [2.45, 2.75) is 19.0 Å². The van der Waals surface area contributed by atoms with Crippen molar-refractivity contribution in [1.29, 1.82) is 0 Å². The van der Waals surface area contributed by atoms with Crippen LogP contribution in [0.4, 0.5) is 5.82 Å². The molecule has 1 amide bonds. The summed E-state index contributed by atoms with van der Waals surface area (Å²) in [4.78, 5) is 21.0. The smallest absolute Gasteiger partial charge is 0.240 e. The maximum atomic E-state index is 11.1. The Labute approximate surface area is 87.3 Å². The van der Waals surface area contributed by atoms with E-state index in [-0.39, 0.29) is 11.9 Å². The van der Waals surface area contributed by atoms with E-state index in [9.17, 15) is 4.79 Å². The van der Waals surface area contributed by atoms with Gasteiger partial charge in [0, 0.05) is 24.8 Å². The van der Waals surface area contributed by atoms with Gasteiger partial charge < -0.3 is 16.4 Å². The molecule has 2 heterocycles. The predicted molar refractivity (Wildman–Crippen MR) is 54.9 cm³/mol. The van der Waals surface area contributed by atoms with Gasteiger partial charge in [0.1, 0.15) is 18.2 Å². The molecule has 0 saturated carbocycles. The van der Waals surface area contributed by atoms with E-state index in [1.54, 1.807) is 6.20 Å². The second-order valence-electron chi connectivity index (χ2n) is 3.48. The van der Waals surface area contributed by atoms with Gasteiger partial charge in [-0.15, -0.1) is 0 Å². The predicted octanol–water partition coefficient (Wildman–Crippen LogP) is -1.00. The van der Waals surface area contributed by atoms with Crippen LogP contribution < -0.4 is 16.4 Å². The molecule has 1 aliphatic rings. The number of aromatic nitrogens is 2. The van der Waals surface area contributed by atoms with Crippen molar-refractivity contribution in [3.63, 3.8) is 0 Å². The Kier molecular flexibility index (Phi) is 2.51. The summed E-state index contributed by atoms with van der Waals surface area (Å²) >= 11 is 0. The summed E-state index contributed by atoms with van der Waals surface area (Å²) in [5.41, 5.74) is 11.7. The van der Waals surface area contributed by atoms with Crippen molar-refractivity contribution in [3.05, 3.63) is 18.1 Å². The molecular weight excluding hydrogens is 194 g/mol. The Morgan fingerprint density at radius 3 is 3.00 bits per heavy atom. The monoisotopic (exact) mass is 207 g/mol. The molecule has 0 radical (unpaired) electrons. The third kappa shape index (κ3) is 1.63. The lowest BCUT2D eigenvalue weighted by molar-refractivity contribution is -0.120. The number of nitrogens with zero attached hydrogens (tertiary/aromatic N) is 3. The van der Waals surface area contributed by atoms with Crippen LogP contribution in [0.3, 0.4) is 0 Å². The first-order valence-corrected chi connectivity index (χ1v) is 4.79. The maximum absolute atomic E-state index is 11.1. The highest BCUT2D eigenvalue weighted by Gasteiger charge is 2.34. The molecule has 1 fully saturated rings. The van der Waals surface area contributed by atoms with E-state index in [0.717, 1.165) is 24.3 Å². The molecule has 1 atom stereocenters. The second kappa shape index (κ2) is 3.82. The van der Waals surface area contributed by atoms with Crippen LogP contribution in [0.15, 0.2) is 12.5 Å². The molecule has 1 saturated heterocycles. The van der Waals surface area contributed by atoms with Gasteiger partial charge in [-0.05, 0) is 6.42 Å². The summed E-state index contributed by atoms with van der Waals surface area (Å²) in [6, 6.07) is -0.245. The molecule has 0 aromatic carbocycles. The largest absolute Gasteiger partial charge is 0.368 e. The van der Waals surface area contributed by atoms with E-state index in [2.05, 4.69) is 9.97 Å². The highest BCUT2D eigenvalue weighted by Crippen LogP contribution is 2.26. The number of hydrogen-bond acceptors (Lipinski definition) is 5. The number of anilines is 1. The zero-order chi connectivity index (χ0) is 10.8. The number of hydrogen-bond donors (Lipinski definition) is 2. The molecule has 2 rings (SSSR count). The summed E-state index contributed by atoms with van der Waals surface area (Å²) < 4.78 is 0. The summed E-state index contributed by atoms with van der Waals surface area (Å²) in [5, 5.41) is 0. The molecule has 1 aromatic heterocycles. The van der Waals surface area contributed by atoms with Gasteiger partial charge in [0.2, 0.25) is 5.91 Å². The van der Waals surface area contributed by atoms with Crippen LogP contribution in [0.1, 0.15) is 12.0 Å². The van der Waals surface area contributed by atoms with Gasteiger partial charge in [-0.3, -0.25) is 4.79 Å². The molecule has 0 spiro atoms. The Hall–Kier alpha value is -1.69. The standard InChI is InChI=1S/C9H13N5O/c10-3-6-4-12-5-13-9(6)14-2-1-7(14)8(11)15/h4-5,7H,1-3,10H2,(H2,11,15).